The number of aryl methyl sites for hydroxylation is 2. The molecule has 7 heteroatoms. The first kappa shape index (κ1) is 22.3. The van der Waals surface area contributed by atoms with Crippen molar-refractivity contribution < 1.29 is 9.90 Å². The fourth-order valence-electron chi connectivity index (χ4n) is 4.20. The number of pyridine rings is 1. The van der Waals surface area contributed by atoms with Crippen molar-refractivity contribution in [2.75, 3.05) is 0 Å². The lowest BCUT2D eigenvalue weighted by Gasteiger charge is -2.19. The number of aromatic nitrogens is 3. The maximum atomic E-state index is 12.9. The van der Waals surface area contributed by atoms with Gasteiger partial charge in [0.05, 0.1) is 17.1 Å². The molecule has 0 aliphatic carbocycles. The van der Waals surface area contributed by atoms with Crippen molar-refractivity contribution >= 4 is 16.9 Å². The molecule has 0 radical (unpaired) electrons. The molecule has 0 bridgehead atoms. The fraction of sp³-hybridized carbons (Fsp3) is 0.269. The molecule has 0 saturated heterocycles. The molecular formula is C26H28N4O3. The summed E-state index contributed by atoms with van der Waals surface area (Å²) in [6.07, 6.45) is 1.42. The van der Waals surface area contributed by atoms with Crippen LogP contribution < -0.4 is 10.9 Å². The molecule has 4 aromatic rings. The summed E-state index contributed by atoms with van der Waals surface area (Å²) in [4.78, 5) is 29.8. The van der Waals surface area contributed by atoms with Gasteiger partial charge in [-0.25, -0.2) is 4.98 Å². The summed E-state index contributed by atoms with van der Waals surface area (Å²) in [7, 11) is 1.97. The van der Waals surface area contributed by atoms with Gasteiger partial charge in [-0.2, -0.15) is 0 Å². The van der Waals surface area contributed by atoms with E-state index in [1.54, 1.807) is 17.6 Å². The molecule has 7 nitrogen and oxygen atoms in total. The van der Waals surface area contributed by atoms with Crippen molar-refractivity contribution in [1.29, 1.82) is 0 Å². The number of nitrogens with one attached hydrogen (secondary N) is 1. The van der Waals surface area contributed by atoms with Crippen LogP contribution in [0.2, 0.25) is 0 Å². The first-order chi connectivity index (χ1) is 15.9. The van der Waals surface area contributed by atoms with Gasteiger partial charge in [-0.15, -0.1) is 0 Å². The van der Waals surface area contributed by atoms with Gasteiger partial charge in [-0.3, -0.25) is 9.59 Å². The van der Waals surface area contributed by atoms with E-state index in [1.807, 2.05) is 66.2 Å². The van der Waals surface area contributed by atoms with Crippen LogP contribution in [0.3, 0.4) is 0 Å². The lowest BCUT2D eigenvalue weighted by Crippen LogP contribution is -2.32. The van der Waals surface area contributed by atoms with Gasteiger partial charge in [0.25, 0.3) is 5.56 Å². The standard InChI is InChI=1S/C26H28N4O3/c1-18-15-20(31)17-25(33)30(18)14-8-13-24(32)27-22(16-19-9-4-3-5-10-19)26-28-21-11-6-7-12-23(21)29(26)2/h3-7,9-12,15,17,22,31H,8,13-14,16H2,1-2H3,(H,27,32)/t22-/m1/s1. The lowest BCUT2D eigenvalue weighted by molar-refractivity contribution is -0.122. The summed E-state index contributed by atoms with van der Waals surface area (Å²) in [5.41, 5.74) is 3.42. The van der Waals surface area contributed by atoms with Crippen molar-refractivity contribution in [3.05, 3.63) is 94.2 Å². The number of carbonyl (C=O) groups is 1. The fourth-order valence-corrected chi connectivity index (χ4v) is 4.20. The van der Waals surface area contributed by atoms with Gasteiger partial charge >= 0.3 is 0 Å². The van der Waals surface area contributed by atoms with Crippen LogP contribution >= 0.6 is 0 Å². The number of para-hydroxylation sites is 2. The Bertz CT molecular complexity index is 1320. The third-order valence-corrected chi connectivity index (χ3v) is 5.86. The highest BCUT2D eigenvalue weighted by atomic mass is 16.3. The number of nitrogens with zero attached hydrogens (tertiary/aromatic N) is 3. The minimum atomic E-state index is -0.282. The zero-order valence-electron chi connectivity index (χ0n) is 18.9. The van der Waals surface area contributed by atoms with Crippen LogP contribution in [-0.4, -0.2) is 25.1 Å². The lowest BCUT2D eigenvalue weighted by atomic mass is 10.0. The maximum absolute atomic E-state index is 12.9. The van der Waals surface area contributed by atoms with E-state index < -0.39 is 0 Å². The molecule has 0 unspecified atom stereocenters. The summed E-state index contributed by atoms with van der Waals surface area (Å²) in [6.45, 7) is 2.18. The van der Waals surface area contributed by atoms with Gasteiger partial charge in [0.2, 0.25) is 5.91 Å². The van der Waals surface area contributed by atoms with E-state index in [0.717, 1.165) is 22.4 Å². The number of hydrogen-bond donors (Lipinski definition) is 2. The second kappa shape index (κ2) is 9.73. The first-order valence-electron chi connectivity index (χ1n) is 11.1. The first-order valence-corrected chi connectivity index (χ1v) is 11.1. The number of hydrogen-bond acceptors (Lipinski definition) is 4. The minimum Gasteiger partial charge on any atom is -0.508 e. The number of fused-ring (bicyclic) bond motifs is 1. The van der Waals surface area contributed by atoms with E-state index in [2.05, 4.69) is 5.32 Å². The number of benzene rings is 2. The van der Waals surface area contributed by atoms with Crippen LogP contribution in [0.1, 0.15) is 36.0 Å². The average Bonchev–Trinajstić information content (AvgIpc) is 3.12. The second-order valence-corrected chi connectivity index (χ2v) is 8.28. The Morgan fingerprint density at radius 2 is 1.82 bits per heavy atom. The average molecular weight is 445 g/mol. The van der Waals surface area contributed by atoms with Crippen LogP contribution in [0.25, 0.3) is 11.0 Å². The Labute approximate surface area is 192 Å². The molecule has 4 rings (SSSR count). The van der Waals surface area contributed by atoms with E-state index in [9.17, 15) is 14.7 Å². The Morgan fingerprint density at radius 1 is 1.09 bits per heavy atom. The smallest absolute Gasteiger partial charge is 0.254 e. The normalized spacial score (nSPS) is 12.1. The van der Waals surface area contributed by atoms with Gasteiger partial charge < -0.3 is 19.6 Å². The molecule has 0 saturated carbocycles. The van der Waals surface area contributed by atoms with Crippen LogP contribution in [0.5, 0.6) is 5.75 Å². The zero-order chi connectivity index (χ0) is 23.4. The van der Waals surface area contributed by atoms with E-state index in [1.165, 1.54) is 6.07 Å². The number of rotatable bonds is 8. The van der Waals surface area contributed by atoms with Crippen LogP contribution in [0.4, 0.5) is 0 Å². The van der Waals surface area contributed by atoms with Crippen molar-refractivity contribution in [3.63, 3.8) is 0 Å². The quantitative estimate of drug-likeness (QED) is 0.434. The van der Waals surface area contributed by atoms with Gasteiger partial charge in [0.1, 0.15) is 11.6 Å². The zero-order valence-corrected chi connectivity index (χ0v) is 18.9. The highest BCUT2D eigenvalue weighted by molar-refractivity contribution is 5.78. The molecule has 170 valence electrons. The number of carbonyl (C=O) groups excluding carboxylic acids is 1. The molecule has 2 aromatic heterocycles. The van der Waals surface area contributed by atoms with Crippen LogP contribution in [0, 0.1) is 6.92 Å². The molecule has 33 heavy (non-hydrogen) atoms. The molecule has 0 aliphatic heterocycles. The summed E-state index contributed by atoms with van der Waals surface area (Å²) >= 11 is 0. The highest BCUT2D eigenvalue weighted by Gasteiger charge is 2.21. The SMILES string of the molecule is Cc1cc(O)cc(=O)n1CCCC(=O)N[C@H](Cc1ccccc1)c1nc2ccccc2n1C. The number of amides is 1. The Kier molecular flexibility index (Phi) is 6.58. The van der Waals surface area contributed by atoms with E-state index in [4.69, 9.17) is 4.98 Å². The Hall–Kier alpha value is -3.87. The molecule has 2 N–H and O–H groups in total. The van der Waals surface area contributed by atoms with Gasteiger partial charge in [0, 0.05) is 31.8 Å². The van der Waals surface area contributed by atoms with E-state index >= 15 is 0 Å². The Balaban J connectivity index is 1.49. The van der Waals surface area contributed by atoms with E-state index in [0.29, 0.717) is 25.1 Å². The predicted octanol–water partition coefficient (Wildman–Crippen LogP) is 3.63. The number of aromatic hydroxyl groups is 1. The molecule has 1 atom stereocenters. The number of imidazole rings is 1. The van der Waals surface area contributed by atoms with Crippen molar-refractivity contribution in [3.8, 4) is 5.75 Å². The van der Waals surface area contributed by atoms with Gasteiger partial charge in [0.15, 0.2) is 0 Å². The summed E-state index contributed by atoms with van der Waals surface area (Å²) in [5, 5.41) is 12.7. The molecule has 1 amide bonds. The third-order valence-electron chi connectivity index (χ3n) is 5.86. The van der Waals surface area contributed by atoms with E-state index in [-0.39, 0.29) is 29.7 Å². The van der Waals surface area contributed by atoms with Crippen molar-refractivity contribution in [2.24, 2.45) is 7.05 Å². The largest absolute Gasteiger partial charge is 0.508 e. The monoisotopic (exact) mass is 444 g/mol. The highest BCUT2D eigenvalue weighted by Crippen LogP contribution is 2.23. The Morgan fingerprint density at radius 3 is 2.55 bits per heavy atom. The minimum absolute atomic E-state index is 0.0438. The predicted molar refractivity (Wildman–Crippen MR) is 128 cm³/mol. The maximum Gasteiger partial charge on any atom is 0.254 e. The molecule has 0 aliphatic rings. The molecule has 0 spiro atoms. The molecule has 0 fully saturated rings. The van der Waals surface area contributed by atoms with Crippen LogP contribution in [0.15, 0.2) is 71.5 Å². The molecule has 2 heterocycles. The van der Waals surface area contributed by atoms with Gasteiger partial charge in [-0.1, -0.05) is 42.5 Å². The third kappa shape index (κ3) is 5.14. The van der Waals surface area contributed by atoms with Gasteiger partial charge in [-0.05, 0) is 43.5 Å². The summed E-state index contributed by atoms with van der Waals surface area (Å²) in [6, 6.07) is 20.4. The summed E-state index contributed by atoms with van der Waals surface area (Å²) in [5.74, 6) is 0.671. The van der Waals surface area contributed by atoms with Crippen molar-refractivity contribution in [1.82, 2.24) is 19.4 Å². The molecular weight excluding hydrogens is 416 g/mol. The van der Waals surface area contributed by atoms with Crippen molar-refractivity contribution in [2.45, 2.75) is 38.8 Å². The van der Waals surface area contributed by atoms with Crippen LogP contribution in [-0.2, 0) is 24.8 Å². The second-order valence-electron chi connectivity index (χ2n) is 8.28. The topological polar surface area (TPSA) is 89.2 Å². The molecule has 2 aromatic carbocycles. The summed E-state index contributed by atoms with van der Waals surface area (Å²) < 4.78 is 3.60.